The molecule has 1 N–H and O–H groups in total. The van der Waals surface area contributed by atoms with E-state index in [-0.39, 0.29) is 9.92 Å². The van der Waals surface area contributed by atoms with Crippen molar-refractivity contribution >= 4 is 27.3 Å². The maximum absolute atomic E-state index is 13.0. The van der Waals surface area contributed by atoms with Crippen molar-refractivity contribution in [3.8, 4) is 0 Å². The Morgan fingerprint density at radius 1 is 1.24 bits per heavy atom. The van der Waals surface area contributed by atoms with Gasteiger partial charge >= 0.3 is 0 Å². The van der Waals surface area contributed by atoms with E-state index in [9.17, 15) is 12.8 Å². The number of benzene rings is 2. The molecule has 0 aliphatic heterocycles. The number of nitrogens with one attached hydrogen (secondary N) is 1. The summed E-state index contributed by atoms with van der Waals surface area (Å²) in [5.41, 5.74) is 2.24. The summed E-state index contributed by atoms with van der Waals surface area (Å²) in [6, 6.07) is 8.76. The number of anilines is 1. The number of hydrogen-bond donors (Lipinski definition) is 1. The molecule has 2 aromatic rings. The van der Waals surface area contributed by atoms with Crippen molar-refractivity contribution in [2.45, 2.75) is 25.2 Å². The fourth-order valence-electron chi connectivity index (χ4n) is 2.05. The monoisotopic (exact) mass is 327 g/mol. The van der Waals surface area contributed by atoms with Crippen molar-refractivity contribution in [1.82, 2.24) is 0 Å². The van der Waals surface area contributed by atoms with Crippen LogP contribution in [0.3, 0.4) is 0 Å². The summed E-state index contributed by atoms with van der Waals surface area (Å²) < 4.78 is 40.5. The first kappa shape index (κ1) is 15.8. The van der Waals surface area contributed by atoms with E-state index in [1.165, 1.54) is 0 Å². The molecule has 2 rings (SSSR count). The largest absolute Gasteiger partial charge is 0.279 e. The third-order valence-corrected chi connectivity index (χ3v) is 4.99. The van der Waals surface area contributed by atoms with Crippen molar-refractivity contribution in [3.05, 3.63) is 58.4 Å². The van der Waals surface area contributed by atoms with Crippen LogP contribution in [0, 0.1) is 12.7 Å². The molecule has 0 heterocycles. The molecule has 0 aromatic heterocycles. The molecule has 2 aromatic carbocycles. The number of rotatable bonds is 4. The van der Waals surface area contributed by atoms with Gasteiger partial charge in [-0.15, -0.1) is 0 Å². The van der Waals surface area contributed by atoms with Crippen LogP contribution in [0.15, 0.2) is 41.3 Å². The summed E-state index contributed by atoms with van der Waals surface area (Å²) in [6.45, 7) is 3.76. The Kier molecular flexibility index (Phi) is 4.54. The summed E-state index contributed by atoms with van der Waals surface area (Å²) >= 11 is 5.83. The van der Waals surface area contributed by atoms with E-state index in [2.05, 4.69) is 4.72 Å². The lowest BCUT2D eigenvalue weighted by molar-refractivity contribution is 0.599. The van der Waals surface area contributed by atoms with Crippen LogP contribution in [0.5, 0.6) is 0 Å². The Hall–Kier alpha value is -1.59. The standard InChI is InChI=1S/C15H15ClFNO2S/c1-3-11-6-4-5-10(2)15(11)18-21(19,20)14-8-7-12(17)9-13(14)16/h4-9,18H,3H2,1-2H3. The molecule has 0 bridgehead atoms. The third kappa shape index (κ3) is 3.36. The molecule has 0 atom stereocenters. The van der Waals surface area contributed by atoms with Crippen LogP contribution in [0.25, 0.3) is 0 Å². The number of halogens is 2. The van der Waals surface area contributed by atoms with Crippen molar-refractivity contribution in [2.24, 2.45) is 0 Å². The minimum Gasteiger partial charge on any atom is -0.279 e. The highest BCUT2D eigenvalue weighted by Crippen LogP contribution is 2.28. The Morgan fingerprint density at radius 3 is 2.57 bits per heavy atom. The average Bonchev–Trinajstić information content (AvgIpc) is 2.40. The van der Waals surface area contributed by atoms with Gasteiger partial charge in [-0.2, -0.15) is 0 Å². The fraction of sp³-hybridized carbons (Fsp3) is 0.200. The molecule has 0 aliphatic rings. The summed E-state index contributed by atoms with van der Waals surface area (Å²) in [5.74, 6) is -0.580. The summed E-state index contributed by atoms with van der Waals surface area (Å²) in [4.78, 5) is -0.143. The highest BCUT2D eigenvalue weighted by atomic mass is 35.5. The van der Waals surface area contributed by atoms with Crippen LogP contribution in [0.4, 0.5) is 10.1 Å². The molecule has 0 unspecified atom stereocenters. The zero-order chi connectivity index (χ0) is 15.6. The smallest absolute Gasteiger partial charge is 0.263 e. The van der Waals surface area contributed by atoms with Gasteiger partial charge in [-0.25, -0.2) is 12.8 Å². The highest BCUT2D eigenvalue weighted by Gasteiger charge is 2.20. The van der Waals surface area contributed by atoms with Crippen molar-refractivity contribution in [2.75, 3.05) is 4.72 Å². The van der Waals surface area contributed by atoms with Crippen molar-refractivity contribution in [3.63, 3.8) is 0 Å². The molecule has 0 aliphatic carbocycles. The van der Waals surface area contributed by atoms with Gasteiger partial charge in [0.05, 0.1) is 10.7 Å². The molecule has 21 heavy (non-hydrogen) atoms. The van der Waals surface area contributed by atoms with Crippen LogP contribution in [0.2, 0.25) is 5.02 Å². The number of aryl methyl sites for hydroxylation is 2. The molecule has 112 valence electrons. The van der Waals surface area contributed by atoms with Crippen molar-refractivity contribution < 1.29 is 12.8 Å². The summed E-state index contributed by atoms with van der Waals surface area (Å²) in [6.07, 6.45) is 0.691. The van der Waals surface area contributed by atoms with E-state index in [0.29, 0.717) is 12.1 Å². The number of para-hydroxylation sites is 1. The van der Waals surface area contributed by atoms with Gasteiger partial charge in [0, 0.05) is 0 Å². The SMILES string of the molecule is CCc1cccc(C)c1NS(=O)(=O)c1ccc(F)cc1Cl. The summed E-state index contributed by atoms with van der Waals surface area (Å²) in [7, 11) is -3.86. The fourth-order valence-corrected chi connectivity index (χ4v) is 3.76. The van der Waals surface area contributed by atoms with Crippen molar-refractivity contribution in [1.29, 1.82) is 0 Å². The molecular formula is C15H15ClFNO2S. The number of sulfonamides is 1. The molecule has 0 saturated carbocycles. The Labute approximate surface area is 128 Å². The quantitative estimate of drug-likeness (QED) is 0.917. The van der Waals surface area contributed by atoms with E-state index >= 15 is 0 Å². The van der Waals surface area contributed by atoms with Crippen LogP contribution >= 0.6 is 11.6 Å². The van der Waals surface area contributed by atoms with E-state index in [1.54, 1.807) is 0 Å². The van der Waals surface area contributed by atoms with Gasteiger partial charge in [0.1, 0.15) is 10.7 Å². The van der Waals surface area contributed by atoms with Gasteiger partial charge in [0.25, 0.3) is 10.0 Å². The predicted octanol–water partition coefficient (Wildman–Crippen LogP) is 4.15. The van der Waals surface area contributed by atoms with Crippen LogP contribution in [0.1, 0.15) is 18.1 Å². The van der Waals surface area contributed by atoms with Gasteiger partial charge in [0.2, 0.25) is 0 Å². The van der Waals surface area contributed by atoms with E-state index < -0.39 is 15.8 Å². The zero-order valence-corrected chi connectivity index (χ0v) is 13.2. The second-order valence-corrected chi connectivity index (χ2v) is 6.70. The lowest BCUT2D eigenvalue weighted by Crippen LogP contribution is -2.15. The maximum atomic E-state index is 13.0. The molecule has 0 spiro atoms. The van der Waals surface area contributed by atoms with Crippen LogP contribution in [-0.4, -0.2) is 8.42 Å². The lowest BCUT2D eigenvalue weighted by atomic mass is 10.1. The summed E-state index contributed by atoms with van der Waals surface area (Å²) in [5, 5.41) is -0.144. The lowest BCUT2D eigenvalue weighted by Gasteiger charge is -2.15. The van der Waals surface area contributed by atoms with E-state index in [1.807, 2.05) is 32.0 Å². The Balaban J connectivity index is 2.47. The molecule has 0 radical (unpaired) electrons. The molecule has 3 nitrogen and oxygen atoms in total. The normalized spacial score (nSPS) is 11.4. The third-order valence-electron chi connectivity index (χ3n) is 3.16. The molecule has 0 saturated heterocycles. The molecule has 0 fully saturated rings. The molecular weight excluding hydrogens is 313 g/mol. The Bertz CT molecular complexity index is 775. The second kappa shape index (κ2) is 6.03. The van der Waals surface area contributed by atoms with E-state index in [0.717, 1.165) is 29.3 Å². The van der Waals surface area contributed by atoms with Gasteiger partial charge in [-0.05, 0) is 42.7 Å². The molecule has 0 amide bonds. The highest BCUT2D eigenvalue weighted by molar-refractivity contribution is 7.92. The Morgan fingerprint density at radius 2 is 1.95 bits per heavy atom. The number of hydrogen-bond acceptors (Lipinski definition) is 2. The second-order valence-electron chi connectivity index (χ2n) is 4.64. The molecule has 6 heteroatoms. The predicted molar refractivity (Wildman–Crippen MR) is 82.8 cm³/mol. The first-order chi connectivity index (χ1) is 9.85. The minimum absolute atomic E-state index is 0.143. The zero-order valence-electron chi connectivity index (χ0n) is 11.7. The average molecular weight is 328 g/mol. The van der Waals surface area contributed by atoms with E-state index in [4.69, 9.17) is 11.6 Å². The van der Waals surface area contributed by atoms with Gasteiger partial charge < -0.3 is 0 Å². The van der Waals surface area contributed by atoms with Gasteiger partial charge in [-0.3, -0.25) is 4.72 Å². The topological polar surface area (TPSA) is 46.2 Å². The van der Waals surface area contributed by atoms with Crippen LogP contribution in [-0.2, 0) is 16.4 Å². The maximum Gasteiger partial charge on any atom is 0.263 e. The van der Waals surface area contributed by atoms with Gasteiger partial charge in [-0.1, -0.05) is 36.7 Å². The minimum atomic E-state index is -3.86. The first-order valence-electron chi connectivity index (χ1n) is 6.41. The first-order valence-corrected chi connectivity index (χ1v) is 8.27. The van der Waals surface area contributed by atoms with Gasteiger partial charge in [0.15, 0.2) is 0 Å². The van der Waals surface area contributed by atoms with Crippen LogP contribution < -0.4 is 4.72 Å².